The number of thiophene rings is 1. The molecule has 5 nitrogen and oxygen atoms in total. The third-order valence-electron chi connectivity index (χ3n) is 3.01. The van der Waals surface area contributed by atoms with Gasteiger partial charge in [-0.25, -0.2) is 4.39 Å². The smallest absolute Gasteiger partial charge is 0.270 e. The van der Waals surface area contributed by atoms with Crippen molar-refractivity contribution in [2.75, 3.05) is 0 Å². The third kappa shape index (κ3) is 3.25. The van der Waals surface area contributed by atoms with Crippen LogP contribution in [0.4, 0.5) is 10.1 Å². The largest absolute Gasteiger partial charge is 0.345 e. The van der Waals surface area contributed by atoms with Crippen molar-refractivity contribution in [2.24, 2.45) is 0 Å². The van der Waals surface area contributed by atoms with E-state index in [0.717, 1.165) is 17.0 Å². The summed E-state index contributed by atoms with van der Waals surface area (Å²) in [6.07, 6.45) is 0. The van der Waals surface area contributed by atoms with Gasteiger partial charge in [-0.1, -0.05) is 6.07 Å². The van der Waals surface area contributed by atoms with Gasteiger partial charge >= 0.3 is 0 Å². The molecule has 2 rings (SSSR count). The monoisotopic (exact) mass is 308 g/mol. The molecule has 110 valence electrons. The molecule has 1 unspecified atom stereocenters. The van der Waals surface area contributed by atoms with Gasteiger partial charge in [0, 0.05) is 17.0 Å². The van der Waals surface area contributed by atoms with Gasteiger partial charge in [-0.3, -0.25) is 14.9 Å². The van der Waals surface area contributed by atoms with Gasteiger partial charge in [-0.15, -0.1) is 11.3 Å². The Kier molecular flexibility index (Phi) is 4.32. The fraction of sp³-hybridized carbons (Fsp3) is 0.214. The zero-order valence-electron chi connectivity index (χ0n) is 11.4. The van der Waals surface area contributed by atoms with Gasteiger partial charge in [-0.2, -0.15) is 0 Å². The molecule has 1 aromatic heterocycles. The van der Waals surface area contributed by atoms with E-state index in [1.54, 1.807) is 6.92 Å². The zero-order chi connectivity index (χ0) is 15.6. The highest BCUT2D eigenvalue weighted by Gasteiger charge is 2.21. The summed E-state index contributed by atoms with van der Waals surface area (Å²) in [7, 11) is 0. The summed E-state index contributed by atoms with van der Waals surface area (Å²) in [5.74, 6) is -1.41. The van der Waals surface area contributed by atoms with Crippen LogP contribution < -0.4 is 5.32 Å². The summed E-state index contributed by atoms with van der Waals surface area (Å²) < 4.78 is 14.0. The van der Waals surface area contributed by atoms with Gasteiger partial charge in [0.25, 0.3) is 11.6 Å². The van der Waals surface area contributed by atoms with Crippen LogP contribution in [0.2, 0.25) is 0 Å². The molecule has 0 aliphatic carbocycles. The van der Waals surface area contributed by atoms with Crippen LogP contribution in [0.25, 0.3) is 0 Å². The normalized spacial score (nSPS) is 12.0. The second kappa shape index (κ2) is 6.01. The molecule has 0 radical (unpaired) electrons. The summed E-state index contributed by atoms with van der Waals surface area (Å²) in [6.45, 7) is 3.16. The van der Waals surface area contributed by atoms with E-state index in [9.17, 15) is 19.3 Å². The molecule has 1 aromatic carbocycles. The van der Waals surface area contributed by atoms with Crippen molar-refractivity contribution >= 4 is 22.9 Å². The SMILES string of the molecule is Cc1cc([N+](=O)[O-])cc(C(=O)NC(C)c2cccs2)c1F. The fourth-order valence-electron chi connectivity index (χ4n) is 1.90. The lowest BCUT2D eigenvalue weighted by molar-refractivity contribution is -0.385. The van der Waals surface area contributed by atoms with Gasteiger partial charge in [0.15, 0.2) is 0 Å². The highest BCUT2D eigenvalue weighted by Crippen LogP contribution is 2.23. The van der Waals surface area contributed by atoms with Crippen LogP contribution in [0.1, 0.15) is 33.8 Å². The van der Waals surface area contributed by atoms with E-state index in [4.69, 9.17) is 0 Å². The molecule has 2 aromatic rings. The van der Waals surface area contributed by atoms with Crippen molar-refractivity contribution in [2.45, 2.75) is 19.9 Å². The Morgan fingerprint density at radius 1 is 1.48 bits per heavy atom. The number of benzene rings is 1. The molecule has 0 bridgehead atoms. The van der Waals surface area contributed by atoms with E-state index in [1.165, 1.54) is 18.3 Å². The number of halogens is 1. The summed E-state index contributed by atoms with van der Waals surface area (Å²) >= 11 is 1.47. The van der Waals surface area contributed by atoms with Gasteiger partial charge in [-0.05, 0) is 30.9 Å². The highest BCUT2D eigenvalue weighted by molar-refractivity contribution is 7.10. The van der Waals surface area contributed by atoms with E-state index in [2.05, 4.69) is 5.32 Å². The van der Waals surface area contributed by atoms with Crippen LogP contribution in [-0.4, -0.2) is 10.8 Å². The molecule has 0 fully saturated rings. The number of amides is 1. The number of aryl methyl sites for hydroxylation is 1. The molecule has 0 aliphatic heterocycles. The molecular formula is C14H13FN2O3S. The van der Waals surface area contributed by atoms with Crippen LogP contribution in [0, 0.1) is 22.9 Å². The van der Waals surface area contributed by atoms with Crippen molar-refractivity contribution in [3.05, 3.63) is 61.6 Å². The van der Waals surface area contributed by atoms with Gasteiger partial charge < -0.3 is 5.32 Å². The molecule has 1 N–H and O–H groups in total. The molecule has 7 heteroatoms. The van der Waals surface area contributed by atoms with Gasteiger partial charge in [0.05, 0.1) is 16.5 Å². The van der Waals surface area contributed by atoms with Crippen molar-refractivity contribution in [3.63, 3.8) is 0 Å². The maximum absolute atomic E-state index is 14.0. The first-order valence-electron chi connectivity index (χ1n) is 6.19. The van der Waals surface area contributed by atoms with Crippen molar-refractivity contribution in [3.8, 4) is 0 Å². The van der Waals surface area contributed by atoms with Crippen molar-refractivity contribution in [1.82, 2.24) is 5.32 Å². The van der Waals surface area contributed by atoms with Crippen molar-refractivity contribution in [1.29, 1.82) is 0 Å². The number of carbonyl (C=O) groups is 1. The Bertz CT molecular complexity index is 686. The average Bonchev–Trinajstić information content (AvgIpc) is 2.95. The predicted molar refractivity (Wildman–Crippen MR) is 78.0 cm³/mol. The lowest BCUT2D eigenvalue weighted by Crippen LogP contribution is -2.27. The molecule has 0 saturated carbocycles. The number of non-ortho nitro benzene ring substituents is 1. The number of rotatable bonds is 4. The number of nitro benzene ring substituents is 1. The quantitative estimate of drug-likeness (QED) is 0.693. The van der Waals surface area contributed by atoms with Crippen LogP contribution in [0.15, 0.2) is 29.6 Å². The minimum atomic E-state index is -0.739. The summed E-state index contributed by atoms with van der Waals surface area (Å²) in [4.78, 5) is 23.2. The molecule has 0 spiro atoms. The standard InChI is InChI=1S/C14H13FN2O3S/c1-8-6-10(17(19)20)7-11(13(8)15)14(18)16-9(2)12-4-3-5-21-12/h3-7,9H,1-2H3,(H,16,18). The Hall–Kier alpha value is -2.28. The third-order valence-corrected chi connectivity index (χ3v) is 4.07. The van der Waals surface area contributed by atoms with Gasteiger partial charge in [0.1, 0.15) is 5.82 Å². The second-order valence-electron chi connectivity index (χ2n) is 4.59. The lowest BCUT2D eigenvalue weighted by atomic mass is 10.1. The highest BCUT2D eigenvalue weighted by atomic mass is 32.1. The van der Waals surface area contributed by atoms with Crippen LogP contribution in [0.5, 0.6) is 0 Å². The van der Waals surface area contributed by atoms with Crippen LogP contribution in [0.3, 0.4) is 0 Å². The topological polar surface area (TPSA) is 72.2 Å². The maximum Gasteiger partial charge on any atom is 0.270 e. The molecule has 1 atom stereocenters. The fourth-order valence-corrected chi connectivity index (χ4v) is 2.64. The first-order valence-corrected chi connectivity index (χ1v) is 7.07. The van der Waals surface area contributed by atoms with Crippen LogP contribution in [-0.2, 0) is 0 Å². The first-order chi connectivity index (χ1) is 9.90. The number of hydrogen-bond acceptors (Lipinski definition) is 4. The lowest BCUT2D eigenvalue weighted by Gasteiger charge is -2.13. The van der Waals surface area contributed by atoms with Crippen LogP contribution >= 0.6 is 11.3 Å². The molecule has 21 heavy (non-hydrogen) atoms. The Morgan fingerprint density at radius 2 is 2.19 bits per heavy atom. The minimum absolute atomic E-state index is 0.0677. The molecular weight excluding hydrogens is 295 g/mol. The minimum Gasteiger partial charge on any atom is -0.345 e. The molecule has 1 amide bonds. The maximum atomic E-state index is 14.0. The number of nitro groups is 1. The summed E-state index contributed by atoms with van der Waals surface area (Å²) in [5.41, 5.74) is -0.550. The first kappa shape index (κ1) is 15.1. The van der Waals surface area contributed by atoms with E-state index in [-0.39, 0.29) is 22.9 Å². The Labute approximate surface area is 124 Å². The van der Waals surface area contributed by atoms with E-state index < -0.39 is 16.6 Å². The number of hydrogen-bond donors (Lipinski definition) is 1. The zero-order valence-corrected chi connectivity index (χ0v) is 12.2. The number of nitrogens with zero attached hydrogens (tertiary/aromatic N) is 1. The predicted octanol–water partition coefficient (Wildman–Crippen LogP) is 3.59. The Balaban J connectivity index is 2.28. The van der Waals surface area contributed by atoms with E-state index >= 15 is 0 Å². The van der Waals surface area contributed by atoms with Gasteiger partial charge in [0.2, 0.25) is 0 Å². The van der Waals surface area contributed by atoms with Crippen molar-refractivity contribution < 1.29 is 14.1 Å². The molecule has 0 saturated heterocycles. The number of nitrogens with one attached hydrogen (secondary N) is 1. The van der Waals surface area contributed by atoms with E-state index in [0.29, 0.717) is 0 Å². The average molecular weight is 308 g/mol. The molecule has 1 heterocycles. The molecule has 0 aliphatic rings. The van der Waals surface area contributed by atoms with E-state index in [1.807, 2.05) is 17.5 Å². The number of carbonyl (C=O) groups excluding carboxylic acids is 1. The summed E-state index contributed by atoms with van der Waals surface area (Å²) in [6, 6.07) is 5.47. The summed E-state index contributed by atoms with van der Waals surface area (Å²) in [5, 5.41) is 15.3. The second-order valence-corrected chi connectivity index (χ2v) is 5.57. The Morgan fingerprint density at radius 3 is 2.76 bits per heavy atom.